The van der Waals surface area contributed by atoms with Gasteiger partial charge in [0, 0.05) is 33.2 Å². The lowest BCUT2D eigenvalue weighted by Crippen LogP contribution is -2.58. The molecule has 3 heterocycles. The fourth-order valence-corrected chi connectivity index (χ4v) is 12.0. The molecule has 9 heteroatoms. The predicted molar refractivity (Wildman–Crippen MR) is 291 cm³/mol. The highest BCUT2D eigenvalue weighted by molar-refractivity contribution is 5.30. The van der Waals surface area contributed by atoms with Gasteiger partial charge in [-0.25, -0.2) is 0 Å². The molecule has 7 rings (SSSR count). The third-order valence-corrected chi connectivity index (χ3v) is 15.9. The molecule has 0 spiro atoms. The van der Waals surface area contributed by atoms with Crippen LogP contribution in [0.2, 0.25) is 0 Å². The molecule has 72 heavy (non-hydrogen) atoms. The maximum Gasteiger partial charge on any atom is 0.102 e. The SMILES string of the molecule is CC(ON1C(C)(C)CCCC1(C)C)c1ccc(COCc2cc(COCc3ccc(C(C)ON4C(C)(C)CCCC4(C)C)cc3)cc(COCc3ccc(C(C)ON4C(C)(C)CCCC4(C)C)cc3)c2)cc1. The van der Waals surface area contributed by atoms with Gasteiger partial charge in [0.05, 0.1) is 39.6 Å². The van der Waals surface area contributed by atoms with Crippen molar-refractivity contribution in [3.05, 3.63) is 141 Å². The summed E-state index contributed by atoms with van der Waals surface area (Å²) in [6, 6.07) is 32.7. The number of nitrogens with zero attached hydrogens (tertiary/aromatic N) is 3. The molecule has 4 aromatic rings. The van der Waals surface area contributed by atoms with Crippen molar-refractivity contribution in [1.29, 1.82) is 0 Å². The van der Waals surface area contributed by atoms with Crippen molar-refractivity contribution in [2.24, 2.45) is 0 Å². The predicted octanol–water partition coefficient (Wildman–Crippen LogP) is 15.9. The highest BCUT2D eigenvalue weighted by atomic mass is 16.7. The molecule has 9 nitrogen and oxygen atoms in total. The second kappa shape index (κ2) is 23.2. The van der Waals surface area contributed by atoms with E-state index >= 15 is 0 Å². The largest absolute Gasteiger partial charge is 0.372 e. The number of rotatable bonds is 21. The standard InChI is InChI=1S/C63H93N3O6/c1-46(70-64-58(4,5)31-16-32-59(64,6)7)55-25-19-49(20-26-55)40-67-43-52-37-53(44-68-41-50-21-27-56(28-22-50)47(2)71-65-60(8,9)33-17-34-61(65,10)11)39-54(38-52)45-69-42-51-23-29-57(30-24-51)48(3)72-66-62(12,13)35-18-36-63(66,14)15/h19-30,37-39,46-48H,16-18,31-36,40-45H2,1-15H3. The number of piperidine rings is 3. The zero-order chi connectivity index (χ0) is 52.1. The first-order valence-electron chi connectivity index (χ1n) is 27.4. The van der Waals surface area contributed by atoms with E-state index in [1.807, 2.05) is 0 Å². The van der Waals surface area contributed by atoms with E-state index in [1.54, 1.807) is 0 Å². The van der Waals surface area contributed by atoms with Crippen molar-refractivity contribution in [3.8, 4) is 0 Å². The van der Waals surface area contributed by atoms with Crippen LogP contribution in [0.4, 0.5) is 0 Å². The first kappa shape index (κ1) is 56.3. The Kier molecular flexibility index (Phi) is 18.1. The molecule has 0 radical (unpaired) electrons. The van der Waals surface area contributed by atoms with Crippen LogP contribution in [-0.2, 0) is 68.4 Å². The normalized spacial score (nSPS) is 22.0. The Morgan fingerprint density at radius 2 is 0.514 bits per heavy atom. The second-order valence-corrected chi connectivity index (χ2v) is 25.4. The molecule has 3 unspecified atom stereocenters. The third-order valence-electron chi connectivity index (χ3n) is 15.9. The topological polar surface area (TPSA) is 65.1 Å². The molecule has 0 bridgehead atoms. The summed E-state index contributed by atoms with van der Waals surface area (Å²) in [7, 11) is 0. The molecule has 0 saturated carbocycles. The van der Waals surface area contributed by atoms with Crippen LogP contribution in [0.1, 0.15) is 230 Å². The van der Waals surface area contributed by atoms with Crippen molar-refractivity contribution < 1.29 is 28.7 Å². The number of benzene rings is 4. The number of ether oxygens (including phenoxy) is 3. The highest BCUT2D eigenvalue weighted by Gasteiger charge is 2.45. The molecular weight excluding hydrogens is 895 g/mol. The molecule has 3 aliphatic heterocycles. The van der Waals surface area contributed by atoms with Crippen LogP contribution >= 0.6 is 0 Å². The molecule has 3 aliphatic rings. The molecule has 0 amide bonds. The van der Waals surface area contributed by atoms with Gasteiger partial charge >= 0.3 is 0 Å². The average Bonchev–Trinajstić information content (AvgIpc) is 3.30. The molecule has 3 saturated heterocycles. The summed E-state index contributed by atoms with van der Waals surface area (Å²) in [4.78, 5) is 20.0. The highest BCUT2D eigenvalue weighted by Crippen LogP contribution is 2.43. The van der Waals surface area contributed by atoms with E-state index in [9.17, 15) is 0 Å². The van der Waals surface area contributed by atoms with Crippen LogP contribution in [0.3, 0.4) is 0 Å². The minimum atomic E-state index is -0.0532. The zero-order valence-corrected chi connectivity index (χ0v) is 47.3. The fraction of sp³-hybridized carbons (Fsp3) is 0.619. The quantitative estimate of drug-likeness (QED) is 0.0812. The van der Waals surface area contributed by atoms with Gasteiger partial charge in [0.2, 0.25) is 0 Å². The first-order valence-corrected chi connectivity index (χ1v) is 27.4. The summed E-state index contributed by atoms with van der Waals surface area (Å²) in [5.41, 5.74) is 10.1. The van der Waals surface area contributed by atoms with E-state index in [-0.39, 0.29) is 51.5 Å². The van der Waals surface area contributed by atoms with Crippen molar-refractivity contribution in [1.82, 2.24) is 15.2 Å². The third kappa shape index (κ3) is 14.5. The Hall–Kier alpha value is -3.48. The lowest BCUT2D eigenvalue weighted by Gasteiger charge is -2.52. The van der Waals surface area contributed by atoms with Crippen LogP contribution in [0.15, 0.2) is 91.0 Å². The lowest BCUT2D eigenvalue weighted by atomic mass is 9.82. The summed E-state index contributed by atoms with van der Waals surface area (Å²) in [5.74, 6) is 0. The van der Waals surface area contributed by atoms with Crippen LogP contribution in [0, 0.1) is 0 Å². The maximum atomic E-state index is 6.68. The first-order chi connectivity index (χ1) is 33.8. The molecule has 0 N–H and O–H groups in total. The van der Waals surface area contributed by atoms with Crippen LogP contribution < -0.4 is 0 Å². The lowest BCUT2D eigenvalue weighted by molar-refractivity contribution is -0.304. The average molecular weight is 988 g/mol. The zero-order valence-electron chi connectivity index (χ0n) is 47.3. The summed E-state index contributed by atoms with van der Waals surface area (Å²) in [6.07, 6.45) is 10.3. The van der Waals surface area contributed by atoms with E-state index in [0.717, 1.165) is 88.6 Å². The van der Waals surface area contributed by atoms with Gasteiger partial charge in [-0.3, -0.25) is 14.5 Å². The Morgan fingerprint density at radius 3 is 0.722 bits per heavy atom. The Bertz CT molecular complexity index is 2020. The summed E-state index contributed by atoms with van der Waals surface area (Å²) in [5, 5.41) is 6.75. The van der Waals surface area contributed by atoms with Gasteiger partial charge in [-0.15, -0.1) is 0 Å². The van der Waals surface area contributed by atoms with Crippen molar-refractivity contribution in [2.75, 3.05) is 0 Å². The van der Waals surface area contributed by atoms with Gasteiger partial charge in [0.1, 0.15) is 18.3 Å². The smallest absolute Gasteiger partial charge is 0.102 e. The van der Waals surface area contributed by atoms with Crippen LogP contribution in [0.5, 0.6) is 0 Å². The Labute approximate surface area is 436 Å². The Balaban J connectivity index is 0.963. The molecule has 4 aromatic carbocycles. The minimum Gasteiger partial charge on any atom is -0.372 e. The van der Waals surface area contributed by atoms with E-state index in [2.05, 4.69) is 210 Å². The molecule has 3 fully saturated rings. The Morgan fingerprint density at radius 1 is 0.319 bits per heavy atom. The van der Waals surface area contributed by atoms with Crippen molar-refractivity contribution in [2.45, 2.75) is 253 Å². The number of hydrogen-bond donors (Lipinski definition) is 0. The molecule has 0 aromatic heterocycles. The summed E-state index contributed by atoms with van der Waals surface area (Å²) < 4.78 is 19.2. The van der Waals surface area contributed by atoms with Gasteiger partial charge in [0.25, 0.3) is 0 Å². The molecule has 396 valence electrons. The van der Waals surface area contributed by atoms with Crippen LogP contribution in [0.25, 0.3) is 0 Å². The number of hydroxylamine groups is 6. The molecular formula is C63H93N3O6. The minimum absolute atomic E-state index is 0.00696. The number of hydrogen-bond acceptors (Lipinski definition) is 9. The summed E-state index contributed by atoms with van der Waals surface area (Å²) in [6.45, 7) is 36.9. The monoisotopic (exact) mass is 988 g/mol. The van der Waals surface area contributed by atoms with E-state index in [0.29, 0.717) is 39.6 Å². The van der Waals surface area contributed by atoms with E-state index in [4.69, 9.17) is 28.7 Å². The van der Waals surface area contributed by atoms with E-state index < -0.39 is 0 Å². The second-order valence-electron chi connectivity index (χ2n) is 25.4. The summed E-state index contributed by atoms with van der Waals surface area (Å²) >= 11 is 0. The van der Waals surface area contributed by atoms with Crippen LogP contribution in [-0.4, -0.2) is 48.4 Å². The van der Waals surface area contributed by atoms with Crippen molar-refractivity contribution in [3.63, 3.8) is 0 Å². The molecule has 0 aliphatic carbocycles. The van der Waals surface area contributed by atoms with Gasteiger partial charge in [-0.2, -0.15) is 15.2 Å². The van der Waals surface area contributed by atoms with Gasteiger partial charge in [-0.1, -0.05) is 91.0 Å². The van der Waals surface area contributed by atoms with Gasteiger partial charge < -0.3 is 14.2 Å². The fourth-order valence-electron chi connectivity index (χ4n) is 12.0. The van der Waals surface area contributed by atoms with Gasteiger partial charge in [-0.05, 0) is 212 Å². The molecule has 3 atom stereocenters. The van der Waals surface area contributed by atoms with E-state index in [1.165, 1.54) is 19.3 Å². The maximum absolute atomic E-state index is 6.68. The van der Waals surface area contributed by atoms with Crippen molar-refractivity contribution >= 4 is 0 Å². The van der Waals surface area contributed by atoms with Gasteiger partial charge in [0.15, 0.2) is 0 Å².